The number of anilines is 1. The molecule has 1 atom stereocenters. The van der Waals surface area contributed by atoms with Crippen molar-refractivity contribution in [3.8, 4) is 0 Å². The molecule has 3 aromatic rings. The fraction of sp³-hybridized carbons (Fsp3) is 0.389. The van der Waals surface area contributed by atoms with Gasteiger partial charge >= 0.3 is 0 Å². The molecule has 10 heteroatoms. The van der Waals surface area contributed by atoms with E-state index in [0.29, 0.717) is 30.9 Å². The van der Waals surface area contributed by atoms with Gasteiger partial charge in [-0.25, -0.2) is 9.97 Å². The van der Waals surface area contributed by atoms with Crippen LogP contribution < -0.4 is 10.9 Å². The van der Waals surface area contributed by atoms with Gasteiger partial charge in [-0.15, -0.1) is 11.8 Å². The number of pyridine rings is 1. The van der Waals surface area contributed by atoms with E-state index in [4.69, 9.17) is 16.3 Å². The van der Waals surface area contributed by atoms with E-state index < -0.39 is 0 Å². The van der Waals surface area contributed by atoms with Crippen LogP contribution in [0, 0.1) is 0 Å². The van der Waals surface area contributed by atoms with Crippen molar-refractivity contribution in [3.63, 3.8) is 0 Å². The number of rotatable bonds is 6. The number of nitrogens with one attached hydrogen (secondary N) is 1. The molecular weight excluding hydrogens is 400 g/mol. The van der Waals surface area contributed by atoms with Crippen molar-refractivity contribution >= 4 is 40.3 Å². The molecule has 1 N–H and O–H groups in total. The third-order valence-corrected chi connectivity index (χ3v) is 5.46. The maximum atomic E-state index is 13.1. The van der Waals surface area contributed by atoms with Crippen LogP contribution >= 0.6 is 23.4 Å². The highest BCUT2D eigenvalue weighted by molar-refractivity contribution is 7.99. The molecule has 0 amide bonds. The monoisotopic (exact) mass is 418 g/mol. The number of hydrogen-bond donors (Lipinski definition) is 1. The zero-order valence-electron chi connectivity index (χ0n) is 15.3. The van der Waals surface area contributed by atoms with E-state index in [1.54, 1.807) is 16.3 Å². The fourth-order valence-corrected chi connectivity index (χ4v) is 3.86. The molecule has 146 valence electrons. The minimum Gasteiger partial charge on any atom is -0.379 e. The second-order valence-electron chi connectivity index (χ2n) is 6.27. The van der Waals surface area contributed by atoms with Gasteiger partial charge < -0.3 is 10.1 Å². The Kier molecular flexibility index (Phi) is 5.74. The second kappa shape index (κ2) is 8.42. The van der Waals surface area contributed by atoms with Gasteiger partial charge in [-0.05, 0) is 35.9 Å². The SMILES string of the molecule is CCSc1ccc(CNc2nc3cnc(Cl)nc3n([C@@H]3CCOC3)c2=O)nc1. The Morgan fingerprint density at radius 3 is 2.93 bits per heavy atom. The number of nitrogens with zero attached hydrogens (tertiary/aromatic N) is 5. The van der Waals surface area contributed by atoms with Gasteiger partial charge in [-0.2, -0.15) is 4.98 Å². The van der Waals surface area contributed by atoms with Crippen LogP contribution in [0.5, 0.6) is 0 Å². The lowest BCUT2D eigenvalue weighted by molar-refractivity contribution is 0.186. The first-order valence-corrected chi connectivity index (χ1v) is 10.4. The Morgan fingerprint density at radius 2 is 2.21 bits per heavy atom. The summed E-state index contributed by atoms with van der Waals surface area (Å²) in [6.45, 7) is 3.55. The number of thioether (sulfide) groups is 1. The van der Waals surface area contributed by atoms with Gasteiger partial charge in [0.2, 0.25) is 5.28 Å². The lowest BCUT2D eigenvalue weighted by atomic mass is 10.2. The van der Waals surface area contributed by atoms with Crippen LogP contribution in [-0.4, -0.2) is 43.5 Å². The molecule has 3 aromatic heterocycles. The van der Waals surface area contributed by atoms with Crippen LogP contribution in [0.3, 0.4) is 0 Å². The maximum Gasteiger partial charge on any atom is 0.295 e. The Morgan fingerprint density at radius 1 is 1.32 bits per heavy atom. The Balaban J connectivity index is 1.66. The van der Waals surface area contributed by atoms with Gasteiger partial charge in [-0.3, -0.25) is 14.3 Å². The minimum atomic E-state index is -0.254. The second-order valence-corrected chi connectivity index (χ2v) is 7.95. The lowest BCUT2D eigenvalue weighted by Crippen LogP contribution is -2.30. The highest BCUT2D eigenvalue weighted by Crippen LogP contribution is 2.22. The van der Waals surface area contributed by atoms with Gasteiger partial charge in [0.1, 0.15) is 5.52 Å². The normalized spacial score (nSPS) is 16.6. The molecule has 0 bridgehead atoms. The van der Waals surface area contributed by atoms with E-state index in [1.807, 2.05) is 18.3 Å². The molecule has 0 unspecified atom stereocenters. The number of ether oxygens (including phenoxy) is 1. The molecule has 1 aliphatic rings. The maximum absolute atomic E-state index is 13.1. The summed E-state index contributed by atoms with van der Waals surface area (Å²) >= 11 is 7.68. The average molecular weight is 419 g/mol. The summed E-state index contributed by atoms with van der Waals surface area (Å²) in [4.78, 5) is 31.3. The molecule has 0 spiro atoms. The van der Waals surface area contributed by atoms with Crippen LogP contribution in [0.25, 0.3) is 11.2 Å². The molecule has 0 saturated carbocycles. The average Bonchev–Trinajstić information content (AvgIpc) is 3.22. The molecule has 1 fully saturated rings. The first-order valence-electron chi connectivity index (χ1n) is 9.00. The van der Waals surface area contributed by atoms with Crippen LogP contribution in [0.4, 0.5) is 5.82 Å². The highest BCUT2D eigenvalue weighted by atomic mass is 35.5. The summed E-state index contributed by atoms with van der Waals surface area (Å²) < 4.78 is 7.07. The van der Waals surface area contributed by atoms with Gasteiger partial charge in [0, 0.05) is 17.7 Å². The van der Waals surface area contributed by atoms with Crippen molar-refractivity contribution in [2.75, 3.05) is 24.3 Å². The Labute approximate surface area is 170 Å². The number of halogens is 1. The standard InChI is InChI=1S/C18H19ClN6O2S/c1-2-28-13-4-3-11(20-8-13)7-21-15-17(26)25(12-5-6-27-10-12)16-14(23-15)9-22-18(19)24-16/h3-4,8-9,12H,2,5-7,10H2,1H3,(H,21,23)/t12-/m1/s1. The Bertz CT molecular complexity index is 1040. The van der Waals surface area contributed by atoms with E-state index in [2.05, 4.69) is 32.2 Å². The van der Waals surface area contributed by atoms with Gasteiger partial charge in [0.05, 0.1) is 31.1 Å². The molecule has 28 heavy (non-hydrogen) atoms. The molecule has 4 rings (SSSR count). The van der Waals surface area contributed by atoms with Crippen molar-refractivity contribution in [2.24, 2.45) is 0 Å². The van der Waals surface area contributed by atoms with Crippen LogP contribution in [0.1, 0.15) is 25.1 Å². The quantitative estimate of drug-likeness (QED) is 0.482. The third kappa shape index (κ3) is 3.96. The summed E-state index contributed by atoms with van der Waals surface area (Å²) in [7, 11) is 0. The molecular formula is C18H19ClN6O2S. The summed E-state index contributed by atoms with van der Waals surface area (Å²) in [5.41, 5.74) is 1.49. The first kappa shape index (κ1) is 19.1. The van der Waals surface area contributed by atoms with Crippen molar-refractivity contribution in [3.05, 3.63) is 45.9 Å². The summed E-state index contributed by atoms with van der Waals surface area (Å²) in [6, 6.07) is 3.86. The van der Waals surface area contributed by atoms with Gasteiger partial charge in [0.25, 0.3) is 5.56 Å². The molecule has 0 aromatic carbocycles. The summed E-state index contributed by atoms with van der Waals surface area (Å²) in [5.74, 6) is 1.23. The molecule has 8 nitrogen and oxygen atoms in total. The van der Waals surface area contributed by atoms with Crippen molar-refractivity contribution in [1.29, 1.82) is 0 Å². The highest BCUT2D eigenvalue weighted by Gasteiger charge is 2.24. The van der Waals surface area contributed by atoms with E-state index in [0.717, 1.165) is 22.8 Å². The van der Waals surface area contributed by atoms with Crippen molar-refractivity contribution < 1.29 is 4.74 Å². The fourth-order valence-electron chi connectivity index (χ4n) is 3.10. The summed E-state index contributed by atoms with van der Waals surface area (Å²) in [5, 5.41) is 3.19. The molecule has 1 aliphatic heterocycles. The van der Waals surface area contributed by atoms with Crippen LogP contribution in [-0.2, 0) is 11.3 Å². The first-order chi connectivity index (χ1) is 13.7. The van der Waals surface area contributed by atoms with Crippen molar-refractivity contribution in [2.45, 2.75) is 30.8 Å². The third-order valence-electron chi connectivity index (χ3n) is 4.42. The number of hydrogen-bond acceptors (Lipinski definition) is 8. The largest absolute Gasteiger partial charge is 0.379 e. The zero-order chi connectivity index (χ0) is 19.5. The molecule has 4 heterocycles. The van der Waals surface area contributed by atoms with E-state index in [-0.39, 0.29) is 22.7 Å². The van der Waals surface area contributed by atoms with E-state index in [1.165, 1.54) is 6.20 Å². The lowest BCUT2D eigenvalue weighted by Gasteiger charge is -2.16. The Hall–Kier alpha value is -2.23. The van der Waals surface area contributed by atoms with E-state index >= 15 is 0 Å². The predicted molar refractivity (Wildman–Crippen MR) is 109 cm³/mol. The summed E-state index contributed by atoms with van der Waals surface area (Å²) in [6.07, 6.45) is 4.10. The number of aromatic nitrogens is 5. The van der Waals surface area contributed by atoms with Gasteiger partial charge in [-0.1, -0.05) is 6.92 Å². The molecule has 0 radical (unpaired) electrons. The number of fused-ring (bicyclic) bond motifs is 1. The van der Waals surface area contributed by atoms with Crippen LogP contribution in [0.2, 0.25) is 5.28 Å². The predicted octanol–water partition coefficient (Wildman–Crippen LogP) is 2.92. The molecule has 1 saturated heterocycles. The van der Waals surface area contributed by atoms with Crippen LogP contribution in [0.15, 0.2) is 34.2 Å². The molecule has 0 aliphatic carbocycles. The zero-order valence-corrected chi connectivity index (χ0v) is 16.8. The topological polar surface area (TPSA) is 94.8 Å². The van der Waals surface area contributed by atoms with Gasteiger partial charge in [0.15, 0.2) is 11.5 Å². The van der Waals surface area contributed by atoms with E-state index in [9.17, 15) is 4.79 Å². The van der Waals surface area contributed by atoms with Crippen molar-refractivity contribution in [1.82, 2.24) is 24.5 Å². The minimum absolute atomic E-state index is 0.0799. The smallest absolute Gasteiger partial charge is 0.295 e.